The van der Waals surface area contributed by atoms with E-state index in [0.717, 1.165) is 34.8 Å². The van der Waals surface area contributed by atoms with E-state index in [4.69, 9.17) is 21.4 Å². The van der Waals surface area contributed by atoms with Crippen LogP contribution in [0.25, 0.3) is 5.69 Å². The van der Waals surface area contributed by atoms with E-state index in [2.05, 4.69) is 4.90 Å². The summed E-state index contributed by atoms with van der Waals surface area (Å²) in [6, 6.07) is 27.2. The number of rotatable bonds is 10. The summed E-state index contributed by atoms with van der Waals surface area (Å²) in [5, 5.41) is 16.5. The Kier molecular flexibility index (Phi) is 7.19. The second-order valence-corrected chi connectivity index (χ2v) is 9.68. The Labute approximate surface area is 211 Å². The van der Waals surface area contributed by atoms with Crippen molar-refractivity contribution in [3.63, 3.8) is 0 Å². The van der Waals surface area contributed by atoms with E-state index < -0.39 is 6.10 Å². The minimum atomic E-state index is -0.559. The van der Waals surface area contributed by atoms with Gasteiger partial charge in [0.05, 0.1) is 23.0 Å². The van der Waals surface area contributed by atoms with Gasteiger partial charge in [-0.1, -0.05) is 66.2 Å². The van der Waals surface area contributed by atoms with Gasteiger partial charge < -0.3 is 9.84 Å². The smallest absolute Gasteiger partial charge is 0.227 e. The number of nitrogens with zero attached hydrogens (tertiary/aromatic N) is 3. The monoisotopic (exact) mass is 487 g/mol. The molecule has 1 saturated carbocycles. The molecule has 1 aromatic heterocycles. The Morgan fingerprint density at radius 3 is 2.43 bits per heavy atom. The van der Waals surface area contributed by atoms with Crippen molar-refractivity contribution in [1.29, 1.82) is 0 Å². The molecule has 5 nitrogen and oxygen atoms in total. The first-order chi connectivity index (χ1) is 17.1. The molecule has 1 atom stereocenters. The Hall–Kier alpha value is -3.12. The number of halogens is 1. The normalized spacial score (nSPS) is 14.3. The lowest BCUT2D eigenvalue weighted by molar-refractivity contribution is 0.105. The van der Waals surface area contributed by atoms with E-state index >= 15 is 0 Å². The van der Waals surface area contributed by atoms with Crippen LogP contribution in [0.5, 0.6) is 11.6 Å². The van der Waals surface area contributed by atoms with Crippen LogP contribution in [0, 0.1) is 12.8 Å². The molecule has 6 heteroatoms. The number of hydrogen-bond donors (Lipinski definition) is 1. The number of aryl methyl sites for hydroxylation is 1. The van der Waals surface area contributed by atoms with Gasteiger partial charge >= 0.3 is 0 Å². The van der Waals surface area contributed by atoms with Crippen molar-refractivity contribution in [3.05, 3.63) is 107 Å². The van der Waals surface area contributed by atoms with E-state index in [0.29, 0.717) is 29.9 Å². The molecule has 0 bridgehead atoms. The van der Waals surface area contributed by atoms with Crippen molar-refractivity contribution in [2.24, 2.45) is 5.92 Å². The topological polar surface area (TPSA) is 50.5 Å². The van der Waals surface area contributed by atoms with Crippen molar-refractivity contribution >= 4 is 11.6 Å². The molecular weight excluding hydrogens is 458 g/mol. The van der Waals surface area contributed by atoms with Crippen molar-refractivity contribution in [2.75, 3.05) is 13.1 Å². The lowest BCUT2D eigenvalue weighted by atomic mass is 10.1. The molecular formula is C29H30ClN3O2. The standard InChI is InChI=1S/C29H30ClN3O2/c1-21-27(19-32(18-22-15-16-22)20-28(34)23-9-4-2-5-10-23)29(35-26-13-6-3-7-14-26)33(31-21)25-12-8-11-24(30)17-25/h2-14,17,22,28,34H,15-16,18-20H2,1H3. The molecule has 0 saturated heterocycles. The SMILES string of the molecule is Cc1nn(-c2cccc(Cl)c2)c(Oc2ccccc2)c1CN(CC1CC1)CC(O)c1ccccc1. The highest BCUT2D eigenvalue weighted by Gasteiger charge is 2.28. The Morgan fingerprint density at radius 2 is 1.74 bits per heavy atom. The predicted molar refractivity (Wildman–Crippen MR) is 139 cm³/mol. The maximum absolute atomic E-state index is 11.0. The van der Waals surface area contributed by atoms with Crippen LogP contribution in [0.2, 0.25) is 5.02 Å². The molecule has 1 fully saturated rings. The fraction of sp³-hybridized carbons (Fsp3) is 0.276. The van der Waals surface area contributed by atoms with Gasteiger partial charge in [0.25, 0.3) is 0 Å². The summed E-state index contributed by atoms with van der Waals surface area (Å²) in [6.45, 7) is 4.13. The van der Waals surface area contributed by atoms with Crippen LogP contribution < -0.4 is 4.74 Å². The molecule has 0 radical (unpaired) electrons. The summed E-state index contributed by atoms with van der Waals surface area (Å²) in [5.74, 6) is 2.10. The minimum absolute atomic E-state index is 0.549. The van der Waals surface area contributed by atoms with Crippen molar-refractivity contribution in [2.45, 2.75) is 32.4 Å². The second-order valence-electron chi connectivity index (χ2n) is 9.24. The van der Waals surface area contributed by atoms with Crippen LogP contribution >= 0.6 is 11.6 Å². The van der Waals surface area contributed by atoms with Crippen LogP contribution in [0.1, 0.15) is 35.8 Å². The molecule has 4 aromatic rings. The number of benzene rings is 3. The molecule has 0 spiro atoms. The Bertz CT molecular complexity index is 1260. The second kappa shape index (κ2) is 10.6. The number of aromatic nitrogens is 2. The first kappa shape index (κ1) is 23.6. The molecule has 5 rings (SSSR count). The average Bonchev–Trinajstić information content (AvgIpc) is 3.64. The van der Waals surface area contributed by atoms with Gasteiger partial charge in [-0.25, -0.2) is 4.68 Å². The maximum atomic E-state index is 11.0. The summed E-state index contributed by atoms with van der Waals surface area (Å²) in [5.41, 5.74) is 3.68. The zero-order valence-electron chi connectivity index (χ0n) is 19.8. The minimum Gasteiger partial charge on any atom is -0.439 e. The van der Waals surface area contributed by atoms with Gasteiger partial charge in [-0.2, -0.15) is 5.10 Å². The summed E-state index contributed by atoms with van der Waals surface area (Å²) in [7, 11) is 0. The molecule has 1 unspecified atom stereocenters. The van der Waals surface area contributed by atoms with Crippen molar-refractivity contribution in [1.82, 2.24) is 14.7 Å². The lowest BCUT2D eigenvalue weighted by Gasteiger charge is -2.25. The summed E-state index contributed by atoms with van der Waals surface area (Å²) in [6.07, 6.45) is 1.93. The Morgan fingerprint density at radius 1 is 1.03 bits per heavy atom. The molecule has 0 amide bonds. The van der Waals surface area contributed by atoms with Gasteiger partial charge in [-0.15, -0.1) is 0 Å². The first-order valence-corrected chi connectivity index (χ1v) is 12.5. The van der Waals surface area contributed by atoms with Gasteiger partial charge in [0, 0.05) is 24.7 Å². The van der Waals surface area contributed by atoms with Gasteiger partial charge in [-0.3, -0.25) is 4.90 Å². The lowest BCUT2D eigenvalue weighted by Crippen LogP contribution is -2.30. The highest BCUT2D eigenvalue weighted by atomic mass is 35.5. The molecule has 1 aliphatic rings. The van der Waals surface area contributed by atoms with E-state index in [9.17, 15) is 5.11 Å². The fourth-order valence-corrected chi connectivity index (χ4v) is 4.51. The third-order valence-corrected chi connectivity index (χ3v) is 6.59. The van der Waals surface area contributed by atoms with Crippen LogP contribution in [0.15, 0.2) is 84.9 Å². The van der Waals surface area contributed by atoms with Crippen LogP contribution in [-0.4, -0.2) is 32.9 Å². The number of hydrogen-bond acceptors (Lipinski definition) is 4. The highest BCUT2D eigenvalue weighted by Crippen LogP contribution is 2.35. The summed E-state index contributed by atoms with van der Waals surface area (Å²) in [4.78, 5) is 2.33. The largest absolute Gasteiger partial charge is 0.439 e. The zero-order valence-corrected chi connectivity index (χ0v) is 20.6. The van der Waals surface area contributed by atoms with E-state index in [1.807, 2.05) is 96.5 Å². The van der Waals surface area contributed by atoms with E-state index in [1.54, 1.807) is 0 Å². The average molecular weight is 488 g/mol. The first-order valence-electron chi connectivity index (χ1n) is 12.1. The van der Waals surface area contributed by atoms with Crippen molar-refractivity contribution in [3.8, 4) is 17.3 Å². The molecule has 1 aliphatic carbocycles. The molecule has 0 aliphatic heterocycles. The molecule has 3 aromatic carbocycles. The van der Waals surface area contributed by atoms with Gasteiger partial charge in [0.15, 0.2) is 0 Å². The number of ether oxygens (including phenoxy) is 1. The highest BCUT2D eigenvalue weighted by molar-refractivity contribution is 6.30. The number of aliphatic hydroxyl groups excluding tert-OH is 1. The predicted octanol–water partition coefficient (Wildman–Crippen LogP) is 6.57. The summed E-state index contributed by atoms with van der Waals surface area (Å²) >= 11 is 6.30. The zero-order chi connectivity index (χ0) is 24.2. The maximum Gasteiger partial charge on any atom is 0.227 e. The molecule has 1 N–H and O–H groups in total. The number of aliphatic hydroxyl groups is 1. The van der Waals surface area contributed by atoms with Gasteiger partial charge in [-0.05, 0) is 61.6 Å². The molecule has 1 heterocycles. The quantitative estimate of drug-likeness (QED) is 0.275. The third-order valence-electron chi connectivity index (χ3n) is 6.36. The van der Waals surface area contributed by atoms with Crippen LogP contribution in [-0.2, 0) is 6.54 Å². The number of para-hydroxylation sites is 1. The van der Waals surface area contributed by atoms with Crippen molar-refractivity contribution < 1.29 is 9.84 Å². The van der Waals surface area contributed by atoms with E-state index in [-0.39, 0.29) is 0 Å². The van der Waals surface area contributed by atoms with E-state index in [1.165, 1.54) is 12.8 Å². The Balaban J connectivity index is 1.48. The fourth-order valence-electron chi connectivity index (χ4n) is 4.33. The molecule has 35 heavy (non-hydrogen) atoms. The van der Waals surface area contributed by atoms with Crippen LogP contribution in [0.4, 0.5) is 0 Å². The summed E-state index contributed by atoms with van der Waals surface area (Å²) < 4.78 is 8.26. The van der Waals surface area contributed by atoms with Crippen LogP contribution in [0.3, 0.4) is 0 Å². The molecule has 180 valence electrons. The van der Waals surface area contributed by atoms with Gasteiger partial charge in [0.2, 0.25) is 5.88 Å². The van der Waals surface area contributed by atoms with Gasteiger partial charge in [0.1, 0.15) is 5.75 Å². The third kappa shape index (κ3) is 5.93.